The van der Waals surface area contributed by atoms with Crippen LogP contribution in [-0.4, -0.2) is 43.0 Å². The van der Waals surface area contributed by atoms with E-state index >= 15 is 0 Å². The molecule has 1 heterocycles. The van der Waals surface area contributed by atoms with Crippen LogP contribution >= 0.6 is 0 Å². The number of H-pyrrole nitrogens is 1. The topological polar surface area (TPSA) is 48.1 Å². The maximum Gasteiger partial charge on any atom is 0.220 e. The number of aromatic nitrogens is 1. The lowest BCUT2D eigenvalue weighted by atomic mass is 10.0. The molecule has 4 nitrogen and oxygen atoms in total. The van der Waals surface area contributed by atoms with Crippen molar-refractivity contribution in [3.63, 3.8) is 0 Å². The van der Waals surface area contributed by atoms with Crippen molar-refractivity contribution in [3.05, 3.63) is 59.9 Å². The molecule has 1 amide bonds. The molecular weight excluding hydrogens is 341 g/mol. The first kappa shape index (κ1) is 19.1. The minimum Gasteiger partial charge on any atom is -0.356 e. The number of halogens is 1. The van der Waals surface area contributed by atoms with Crippen LogP contribution in [0.25, 0.3) is 22.2 Å². The molecule has 5 heteroatoms. The summed E-state index contributed by atoms with van der Waals surface area (Å²) in [6, 6.07) is 14.7. The summed E-state index contributed by atoms with van der Waals surface area (Å²) < 4.78 is 13.8. The minimum absolute atomic E-state index is 0.0264. The van der Waals surface area contributed by atoms with Crippen LogP contribution in [0.15, 0.2) is 48.5 Å². The summed E-state index contributed by atoms with van der Waals surface area (Å²) >= 11 is 0. The highest BCUT2D eigenvalue weighted by atomic mass is 19.1. The predicted molar refractivity (Wildman–Crippen MR) is 108 cm³/mol. The summed E-state index contributed by atoms with van der Waals surface area (Å²) in [4.78, 5) is 17.7. The Bertz CT molecular complexity index is 903. The number of rotatable bonds is 8. The molecule has 2 aromatic carbocycles. The SMILES string of the molecule is CN(C)CCCNC(=O)CCc1c(-c2ccccc2)[nH]c2ccc(F)cc12. The molecule has 0 bridgehead atoms. The summed E-state index contributed by atoms with van der Waals surface area (Å²) in [5, 5.41) is 3.81. The Kier molecular flexibility index (Phi) is 6.24. The highest BCUT2D eigenvalue weighted by molar-refractivity contribution is 5.91. The van der Waals surface area contributed by atoms with Crippen LogP contribution in [0.3, 0.4) is 0 Å². The molecule has 2 N–H and O–H groups in total. The van der Waals surface area contributed by atoms with Crippen LogP contribution in [-0.2, 0) is 11.2 Å². The molecule has 0 saturated heterocycles. The molecule has 0 aliphatic heterocycles. The number of aryl methyl sites for hydroxylation is 1. The zero-order chi connectivity index (χ0) is 19.2. The summed E-state index contributed by atoms with van der Waals surface area (Å²) in [5.41, 5.74) is 3.86. The standard InChI is InChI=1S/C22H26FN3O/c1-26(2)14-6-13-24-21(27)12-10-18-19-15-17(23)9-11-20(19)25-22(18)16-7-4-3-5-8-16/h3-5,7-9,11,15,25H,6,10,12-14H2,1-2H3,(H,24,27). The van der Waals surface area contributed by atoms with Gasteiger partial charge in [-0.05, 0) is 62.8 Å². The van der Waals surface area contributed by atoms with Crippen molar-refractivity contribution >= 4 is 16.8 Å². The number of hydrogen-bond donors (Lipinski definition) is 2. The van der Waals surface area contributed by atoms with Gasteiger partial charge < -0.3 is 15.2 Å². The van der Waals surface area contributed by atoms with E-state index in [1.165, 1.54) is 6.07 Å². The smallest absolute Gasteiger partial charge is 0.220 e. The van der Waals surface area contributed by atoms with Crippen LogP contribution in [0.5, 0.6) is 0 Å². The fourth-order valence-corrected chi connectivity index (χ4v) is 3.28. The van der Waals surface area contributed by atoms with E-state index in [2.05, 4.69) is 15.2 Å². The highest BCUT2D eigenvalue weighted by Gasteiger charge is 2.15. The third-order valence-corrected chi connectivity index (χ3v) is 4.64. The Hall–Kier alpha value is -2.66. The summed E-state index contributed by atoms with van der Waals surface area (Å²) in [6.45, 7) is 1.62. The molecule has 0 saturated carbocycles. The maximum atomic E-state index is 13.8. The second kappa shape index (κ2) is 8.82. The van der Waals surface area contributed by atoms with Crippen molar-refractivity contribution in [1.82, 2.24) is 15.2 Å². The van der Waals surface area contributed by atoms with Gasteiger partial charge >= 0.3 is 0 Å². The lowest BCUT2D eigenvalue weighted by molar-refractivity contribution is -0.121. The van der Waals surface area contributed by atoms with Crippen molar-refractivity contribution in [2.45, 2.75) is 19.3 Å². The van der Waals surface area contributed by atoms with Gasteiger partial charge in [-0.15, -0.1) is 0 Å². The second-order valence-electron chi connectivity index (χ2n) is 7.04. The lowest BCUT2D eigenvalue weighted by Gasteiger charge is -2.10. The van der Waals surface area contributed by atoms with Gasteiger partial charge in [-0.1, -0.05) is 30.3 Å². The van der Waals surface area contributed by atoms with Crippen molar-refractivity contribution < 1.29 is 9.18 Å². The molecule has 3 rings (SSSR count). The van der Waals surface area contributed by atoms with Gasteiger partial charge in [0, 0.05) is 29.6 Å². The second-order valence-corrected chi connectivity index (χ2v) is 7.04. The van der Waals surface area contributed by atoms with E-state index in [1.807, 2.05) is 44.4 Å². The molecule has 0 aliphatic carbocycles. The monoisotopic (exact) mass is 367 g/mol. The van der Waals surface area contributed by atoms with Gasteiger partial charge in [0.25, 0.3) is 0 Å². The van der Waals surface area contributed by atoms with E-state index in [4.69, 9.17) is 0 Å². The van der Waals surface area contributed by atoms with E-state index in [0.29, 0.717) is 19.4 Å². The average molecular weight is 367 g/mol. The third-order valence-electron chi connectivity index (χ3n) is 4.64. The number of nitrogens with zero attached hydrogens (tertiary/aromatic N) is 1. The Labute approximate surface area is 159 Å². The van der Waals surface area contributed by atoms with Gasteiger partial charge in [-0.25, -0.2) is 4.39 Å². The van der Waals surface area contributed by atoms with Crippen molar-refractivity contribution in [2.75, 3.05) is 27.2 Å². The molecule has 0 spiro atoms. The average Bonchev–Trinajstić information content (AvgIpc) is 3.02. The number of fused-ring (bicyclic) bond motifs is 1. The van der Waals surface area contributed by atoms with Crippen LogP contribution < -0.4 is 5.32 Å². The largest absolute Gasteiger partial charge is 0.356 e. The Balaban J connectivity index is 1.76. The van der Waals surface area contributed by atoms with Gasteiger partial charge in [0.05, 0.1) is 0 Å². The van der Waals surface area contributed by atoms with Gasteiger partial charge in [0.15, 0.2) is 0 Å². The van der Waals surface area contributed by atoms with Gasteiger partial charge in [0.1, 0.15) is 5.82 Å². The van der Waals surface area contributed by atoms with E-state index in [9.17, 15) is 9.18 Å². The first-order valence-corrected chi connectivity index (χ1v) is 9.31. The Morgan fingerprint density at radius 2 is 1.93 bits per heavy atom. The number of aromatic amines is 1. The molecule has 0 unspecified atom stereocenters. The van der Waals surface area contributed by atoms with Crippen LogP contribution in [0.2, 0.25) is 0 Å². The van der Waals surface area contributed by atoms with Crippen LogP contribution in [0.1, 0.15) is 18.4 Å². The first-order valence-electron chi connectivity index (χ1n) is 9.31. The van der Waals surface area contributed by atoms with E-state index in [-0.39, 0.29) is 11.7 Å². The molecule has 142 valence electrons. The van der Waals surface area contributed by atoms with Gasteiger partial charge in [0.2, 0.25) is 5.91 Å². The van der Waals surface area contributed by atoms with Crippen LogP contribution in [0.4, 0.5) is 4.39 Å². The number of carbonyl (C=O) groups is 1. The molecule has 3 aromatic rings. The highest BCUT2D eigenvalue weighted by Crippen LogP contribution is 2.31. The predicted octanol–water partition coefficient (Wildman–Crippen LogP) is 3.97. The summed E-state index contributed by atoms with van der Waals surface area (Å²) in [6.07, 6.45) is 1.87. The molecular formula is C22H26FN3O. The fourth-order valence-electron chi connectivity index (χ4n) is 3.28. The van der Waals surface area contributed by atoms with E-state index < -0.39 is 0 Å². The quantitative estimate of drug-likeness (QED) is 0.592. The van der Waals surface area contributed by atoms with Crippen molar-refractivity contribution in [3.8, 4) is 11.3 Å². The molecule has 0 radical (unpaired) electrons. The minimum atomic E-state index is -0.268. The number of nitrogens with one attached hydrogen (secondary N) is 2. The fraction of sp³-hybridized carbons (Fsp3) is 0.318. The summed E-state index contributed by atoms with van der Waals surface area (Å²) in [7, 11) is 4.03. The van der Waals surface area contributed by atoms with Gasteiger partial charge in [-0.2, -0.15) is 0 Å². The van der Waals surface area contributed by atoms with Gasteiger partial charge in [-0.3, -0.25) is 4.79 Å². The van der Waals surface area contributed by atoms with Crippen LogP contribution in [0, 0.1) is 5.82 Å². The molecule has 0 atom stereocenters. The molecule has 0 aliphatic rings. The number of benzene rings is 2. The number of hydrogen-bond acceptors (Lipinski definition) is 2. The number of amides is 1. The zero-order valence-electron chi connectivity index (χ0n) is 15.9. The Morgan fingerprint density at radius 1 is 1.15 bits per heavy atom. The molecule has 1 aromatic heterocycles. The third kappa shape index (κ3) is 4.95. The van der Waals surface area contributed by atoms with Crippen molar-refractivity contribution in [1.29, 1.82) is 0 Å². The zero-order valence-corrected chi connectivity index (χ0v) is 15.9. The molecule has 27 heavy (non-hydrogen) atoms. The molecule has 0 fully saturated rings. The van der Waals surface area contributed by atoms with E-state index in [1.54, 1.807) is 12.1 Å². The lowest BCUT2D eigenvalue weighted by Crippen LogP contribution is -2.27. The maximum absolute atomic E-state index is 13.8. The summed E-state index contributed by atoms with van der Waals surface area (Å²) in [5.74, 6) is -0.242. The number of carbonyl (C=O) groups excluding carboxylic acids is 1. The Morgan fingerprint density at radius 3 is 2.67 bits per heavy atom. The normalized spacial score (nSPS) is 11.3. The first-order chi connectivity index (χ1) is 13.0. The van der Waals surface area contributed by atoms with Crippen molar-refractivity contribution in [2.24, 2.45) is 0 Å². The van der Waals surface area contributed by atoms with E-state index in [0.717, 1.165) is 40.7 Å².